The van der Waals surface area contributed by atoms with Gasteiger partial charge in [-0.2, -0.15) is 0 Å². The zero-order chi connectivity index (χ0) is 12.3. The summed E-state index contributed by atoms with van der Waals surface area (Å²) in [6.45, 7) is 5.99. The molecule has 1 aromatic rings. The van der Waals surface area contributed by atoms with Gasteiger partial charge in [0.05, 0.1) is 17.4 Å². The van der Waals surface area contributed by atoms with Crippen molar-refractivity contribution in [3.05, 3.63) is 23.8 Å². The Labute approximate surface area is 95.0 Å². The summed E-state index contributed by atoms with van der Waals surface area (Å²) in [6, 6.07) is 4.47. The molecule has 88 valence electrons. The molecule has 0 bridgehead atoms. The van der Waals surface area contributed by atoms with Gasteiger partial charge in [0.25, 0.3) is 0 Å². The van der Waals surface area contributed by atoms with Gasteiger partial charge < -0.3 is 15.6 Å². The number of aromatic carboxylic acids is 1. The minimum absolute atomic E-state index is 0.00801. The quantitative estimate of drug-likeness (QED) is 0.769. The molecule has 1 unspecified atom stereocenters. The summed E-state index contributed by atoms with van der Waals surface area (Å²) >= 11 is 0. The van der Waals surface area contributed by atoms with E-state index in [2.05, 4.69) is 0 Å². The van der Waals surface area contributed by atoms with Crippen LogP contribution in [0.25, 0.3) is 0 Å². The van der Waals surface area contributed by atoms with Gasteiger partial charge in [-0.25, -0.2) is 4.79 Å². The number of carboxylic acids is 1. The fraction of sp³-hybridized carbons (Fsp3) is 0.417. The van der Waals surface area contributed by atoms with E-state index in [1.165, 1.54) is 12.1 Å². The Morgan fingerprint density at radius 1 is 1.38 bits per heavy atom. The van der Waals surface area contributed by atoms with Gasteiger partial charge in [-0.3, -0.25) is 0 Å². The van der Waals surface area contributed by atoms with E-state index < -0.39 is 5.97 Å². The number of anilines is 1. The largest absolute Gasteiger partial charge is 0.488 e. The topological polar surface area (TPSA) is 72.5 Å². The monoisotopic (exact) mass is 223 g/mol. The predicted molar refractivity (Wildman–Crippen MR) is 62.7 cm³/mol. The van der Waals surface area contributed by atoms with Crippen molar-refractivity contribution >= 4 is 11.7 Å². The molecule has 3 N–H and O–H groups in total. The van der Waals surface area contributed by atoms with Crippen LogP contribution in [0.3, 0.4) is 0 Å². The molecule has 0 heterocycles. The first-order chi connectivity index (χ1) is 7.41. The molecule has 0 aliphatic carbocycles. The zero-order valence-electron chi connectivity index (χ0n) is 9.73. The van der Waals surface area contributed by atoms with Crippen LogP contribution >= 0.6 is 0 Å². The van der Waals surface area contributed by atoms with E-state index in [1.807, 2.05) is 20.8 Å². The Bertz CT molecular complexity index is 388. The number of rotatable bonds is 4. The Kier molecular flexibility index (Phi) is 3.77. The molecule has 16 heavy (non-hydrogen) atoms. The van der Waals surface area contributed by atoms with Crippen LogP contribution in [0.4, 0.5) is 5.69 Å². The molecule has 0 radical (unpaired) electrons. The predicted octanol–water partition coefficient (Wildman–Crippen LogP) is 2.39. The van der Waals surface area contributed by atoms with Gasteiger partial charge in [-0.05, 0) is 31.0 Å². The molecule has 0 fully saturated rings. The number of ether oxygens (including phenoxy) is 1. The summed E-state index contributed by atoms with van der Waals surface area (Å²) in [5.74, 6) is -0.212. The molecule has 1 aromatic carbocycles. The summed E-state index contributed by atoms with van der Waals surface area (Å²) in [5.41, 5.74) is 6.36. The first-order valence-electron chi connectivity index (χ1n) is 5.21. The van der Waals surface area contributed by atoms with Gasteiger partial charge in [-0.15, -0.1) is 0 Å². The van der Waals surface area contributed by atoms with Gasteiger partial charge in [0.2, 0.25) is 0 Å². The maximum atomic E-state index is 10.8. The Hall–Kier alpha value is -1.71. The maximum Gasteiger partial charge on any atom is 0.335 e. The lowest BCUT2D eigenvalue weighted by atomic mass is 10.1. The van der Waals surface area contributed by atoms with Crippen molar-refractivity contribution < 1.29 is 14.6 Å². The first kappa shape index (κ1) is 12.4. The highest BCUT2D eigenvalue weighted by Gasteiger charge is 2.13. The third-order valence-corrected chi connectivity index (χ3v) is 2.51. The highest BCUT2D eigenvalue weighted by atomic mass is 16.5. The second-order valence-electron chi connectivity index (χ2n) is 4.12. The van der Waals surface area contributed by atoms with E-state index in [9.17, 15) is 4.79 Å². The number of benzene rings is 1. The van der Waals surface area contributed by atoms with Gasteiger partial charge in [0, 0.05) is 0 Å². The minimum Gasteiger partial charge on any atom is -0.488 e. The average molecular weight is 223 g/mol. The second kappa shape index (κ2) is 4.88. The van der Waals surface area contributed by atoms with Crippen molar-refractivity contribution in [3.63, 3.8) is 0 Å². The fourth-order valence-electron chi connectivity index (χ4n) is 1.11. The first-order valence-corrected chi connectivity index (χ1v) is 5.21. The van der Waals surface area contributed by atoms with Crippen molar-refractivity contribution in [2.24, 2.45) is 5.92 Å². The molecule has 4 nitrogen and oxygen atoms in total. The number of nitrogen functional groups attached to an aromatic ring is 1. The summed E-state index contributed by atoms with van der Waals surface area (Å²) in [4.78, 5) is 10.8. The van der Waals surface area contributed by atoms with Crippen LogP contribution in [0.1, 0.15) is 31.1 Å². The van der Waals surface area contributed by atoms with E-state index >= 15 is 0 Å². The molecule has 1 rings (SSSR count). The third-order valence-electron chi connectivity index (χ3n) is 2.51. The van der Waals surface area contributed by atoms with Crippen LogP contribution in [-0.4, -0.2) is 17.2 Å². The summed E-state index contributed by atoms with van der Waals surface area (Å²) < 4.78 is 5.61. The van der Waals surface area contributed by atoms with Gasteiger partial charge >= 0.3 is 5.97 Å². The summed E-state index contributed by atoms with van der Waals surface area (Å²) in [7, 11) is 0. The van der Waals surface area contributed by atoms with Crippen molar-refractivity contribution in [2.45, 2.75) is 26.9 Å². The number of carboxylic acid groups (broad SMARTS) is 1. The lowest BCUT2D eigenvalue weighted by molar-refractivity contribution is 0.0696. The molecule has 0 amide bonds. The van der Waals surface area contributed by atoms with Crippen LogP contribution in [-0.2, 0) is 0 Å². The lowest BCUT2D eigenvalue weighted by Gasteiger charge is -2.19. The van der Waals surface area contributed by atoms with E-state index in [0.29, 0.717) is 17.4 Å². The highest BCUT2D eigenvalue weighted by molar-refractivity contribution is 5.89. The lowest BCUT2D eigenvalue weighted by Crippen LogP contribution is -2.19. The van der Waals surface area contributed by atoms with Crippen molar-refractivity contribution in [1.82, 2.24) is 0 Å². The molecule has 4 heteroatoms. The molecular weight excluding hydrogens is 206 g/mol. The zero-order valence-corrected chi connectivity index (χ0v) is 9.73. The molecular formula is C12H17NO3. The van der Waals surface area contributed by atoms with Gasteiger partial charge in [-0.1, -0.05) is 13.8 Å². The van der Waals surface area contributed by atoms with E-state index in [0.717, 1.165) is 0 Å². The highest BCUT2D eigenvalue weighted by Crippen LogP contribution is 2.25. The van der Waals surface area contributed by atoms with E-state index in [4.69, 9.17) is 15.6 Å². The standard InChI is InChI=1S/C12H17NO3/c1-7(2)8(3)16-11-6-9(12(14)15)4-5-10(11)13/h4-8H,13H2,1-3H3,(H,14,15). The molecule has 1 atom stereocenters. The summed E-state index contributed by atoms with van der Waals surface area (Å²) in [6.07, 6.45) is -0.00801. The van der Waals surface area contributed by atoms with Crippen LogP contribution in [0.5, 0.6) is 5.75 Å². The smallest absolute Gasteiger partial charge is 0.335 e. The molecule has 0 aliphatic rings. The Balaban J connectivity index is 2.94. The van der Waals surface area contributed by atoms with Crippen LogP contribution in [0.15, 0.2) is 18.2 Å². The maximum absolute atomic E-state index is 10.8. The van der Waals surface area contributed by atoms with Crippen LogP contribution in [0, 0.1) is 5.92 Å². The van der Waals surface area contributed by atoms with Crippen molar-refractivity contribution in [1.29, 1.82) is 0 Å². The normalized spacial score (nSPS) is 12.5. The second-order valence-corrected chi connectivity index (χ2v) is 4.12. The third kappa shape index (κ3) is 2.89. The molecule has 0 aromatic heterocycles. The number of hydrogen-bond acceptors (Lipinski definition) is 3. The number of nitrogens with two attached hydrogens (primary N) is 1. The number of hydrogen-bond donors (Lipinski definition) is 2. The Morgan fingerprint density at radius 2 is 2.00 bits per heavy atom. The van der Waals surface area contributed by atoms with Crippen LogP contribution in [0.2, 0.25) is 0 Å². The van der Waals surface area contributed by atoms with Crippen molar-refractivity contribution in [3.8, 4) is 5.75 Å². The SMILES string of the molecule is CC(C)C(C)Oc1cc(C(=O)O)ccc1N. The fourth-order valence-corrected chi connectivity index (χ4v) is 1.11. The van der Waals surface area contributed by atoms with Gasteiger partial charge in [0.15, 0.2) is 0 Å². The van der Waals surface area contributed by atoms with E-state index in [1.54, 1.807) is 6.07 Å². The number of carbonyl (C=O) groups is 1. The molecule has 0 saturated heterocycles. The summed E-state index contributed by atoms with van der Waals surface area (Å²) in [5, 5.41) is 8.85. The molecule has 0 saturated carbocycles. The van der Waals surface area contributed by atoms with Crippen LogP contribution < -0.4 is 10.5 Å². The van der Waals surface area contributed by atoms with Crippen molar-refractivity contribution in [2.75, 3.05) is 5.73 Å². The average Bonchev–Trinajstić information content (AvgIpc) is 2.20. The Morgan fingerprint density at radius 3 is 2.50 bits per heavy atom. The molecule has 0 aliphatic heterocycles. The minimum atomic E-state index is -0.984. The van der Waals surface area contributed by atoms with E-state index in [-0.39, 0.29) is 11.7 Å². The van der Waals surface area contributed by atoms with Gasteiger partial charge in [0.1, 0.15) is 5.75 Å². The molecule has 0 spiro atoms.